The van der Waals surface area contributed by atoms with E-state index in [1.807, 2.05) is 0 Å². The summed E-state index contributed by atoms with van der Waals surface area (Å²) in [5.74, 6) is 0.691. The maximum atomic E-state index is 6.29. The van der Waals surface area contributed by atoms with Crippen LogP contribution in [0.15, 0.2) is 0 Å². The van der Waals surface area contributed by atoms with Crippen molar-refractivity contribution in [3.8, 4) is 0 Å². The molecule has 0 aromatic carbocycles. The highest BCUT2D eigenvalue weighted by Gasteiger charge is 2.43. The fourth-order valence-electron chi connectivity index (χ4n) is 3.73. The van der Waals surface area contributed by atoms with Gasteiger partial charge in [-0.15, -0.1) is 0 Å². The topological polar surface area (TPSA) is 27.7 Å². The van der Waals surface area contributed by atoms with Crippen LogP contribution in [0.5, 0.6) is 0 Å². The van der Waals surface area contributed by atoms with Crippen molar-refractivity contribution in [2.45, 2.75) is 57.5 Å². The van der Waals surface area contributed by atoms with E-state index in [1.54, 1.807) is 14.2 Å². The third-order valence-electron chi connectivity index (χ3n) is 5.20. The highest BCUT2D eigenvalue weighted by molar-refractivity contribution is 4.92. The van der Waals surface area contributed by atoms with Crippen LogP contribution in [0.1, 0.15) is 51.9 Å². The zero-order valence-corrected chi connectivity index (χ0v) is 12.9. The van der Waals surface area contributed by atoms with Gasteiger partial charge in [0.2, 0.25) is 0 Å². The minimum absolute atomic E-state index is 0.0542. The average Bonchev–Trinajstić information content (AvgIpc) is 2.88. The molecule has 2 fully saturated rings. The second-order valence-electron chi connectivity index (χ2n) is 6.80. The molecule has 0 saturated heterocycles. The van der Waals surface area contributed by atoms with E-state index in [1.165, 1.54) is 44.9 Å². The van der Waals surface area contributed by atoms with Gasteiger partial charge in [0.15, 0.2) is 0 Å². The quantitative estimate of drug-likeness (QED) is 0.676. The number of ether oxygens (including phenoxy) is 3. The Bertz CT molecular complexity index is 261. The molecule has 0 radical (unpaired) electrons. The van der Waals surface area contributed by atoms with Gasteiger partial charge in [-0.05, 0) is 44.9 Å². The summed E-state index contributed by atoms with van der Waals surface area (Å²) >= 11 is 0. The van der Waals surface area contributed by atoms with E-state index in [0.717, 1.165) is 19.8 Å². The second kappa shape index (κ2) is 6.55. The Balaban J connectivity index is 2.01. The minimum Gasteiger partial charge on any atom is -0.384 e. The van der Waals surface area contributed by atoms with Gasteiger partial charge in [0.1, 0.15) is 0 Å². The molecule has 3 nitrogen and oxygen atoms in total. The normalized spacial score (nSPS) is 23.5. The third kappa shape index (κ3) is 3.50. The third-order valence-corrected chi connectivity index (χ3v) is 5.20. The molecule has 0 N–H and O–H groups in total. The van der Waals surface area contributed by atoms with Crippen molar-refractivity contribution in [2.75, 3.05) is 34.0 Å². The summed E-state index contributed by atoms with van der Waals surface area (Å²) in [6, 6.07) is 0. The van der Waals surface area contributed by atoms with Crippen molar-refractivity contribution in [2.24, 2.45) is 11.3 Å². The molecule has 112 valence electrons. The molecule has 0 unspecified atom stereocenters. The molecule has 0 atom stereocenters. The molecule has 0 aliphatic heterocycles. The van der Waals surface area contributed by atoms with Crippen LogP contribution in [0.3, 0.4) is 0 Å². The lowest BCUT2D eigenvalue weighted by Gasteiger charge is -2.44. The molecule has 2 rings (SSSR count). The molecule has 0 heterocycles. The first-order valence-corrected chi connectivity index (χ1v) is 7.76. The molecule has 0 aromatic rings. The van der Waals surface area contributed by atoms with E-state index in [9.17, 15) is 0 Å². The van der Waals surface area contributed by atoms with Crippen molar-refractivity contribution < 1.29 is 14.2 Å². The van der Waals surface area contributed by atoms with Crippen LogP contribution in [0.25, 0.3) is 0 Å². The Morgan fingerprint density at radius 1 is 0.947 bits per heavy atom. The van der Waals surface area contributed by atoms with Crippen molar-refractivity contribution in [3.63, 3.8) is 0 Å². The van der Waals surface area contributed by atoms with Crippen LogP contribution in [-0.4, -0.2) is 39.6 Å². The van der Waals surface area contributed by atoms with Gasteiger partial charge in [-0.2, -0.15) is 0 Å². The van der Waals surface area contributed by atoms with Crippen LogP contribution >= 0.6 is 0 Å². The smallest absolute Gasteiger partial charge is 0.0654 e. The average molecular weight is 270 g/mol. The lowest BCUT2D eigenvalue weighted by molar-refractivity contribution is -0.154. The number of hydrogen-bond acceptors (Lipinski definition) is 3. The molecule has 0 aromatic heterocycles. The minimum atomic E-state index is 0.0542. The Hall–Kier alpha value is -0.120. The molecule has 2 saturated carbocycles. The predicted octanol–water partition coefficient (Wildman–Crippen LogP) is 3.42. The maximum Gasteiger partial charge on any atom is 0.0654 e. The van der Waals surface area contributed by atoms with E-state index >= 15 is 0 Å². The Morgan fingerprint density at radius 2 is 1.53 bits per heavy atom. The van der Waals surface area contributed by atoms with Crippen molar-refractivity contribution in [3.05, 3.63) is 0 Å². The molecular weight excluding hydrogens is 240 g/mol. The van der Waals surface area contributed by atoms with Crippen molar-refractivity contribution in [1.29, 1.82) is 0 Å². The van der Waals surface area contributed by atoms with Gasteiger partial charge in [0.25, 0.3) is 0 Å². The van der Waals surface area contributed by atoms with Gasteiger partial charge in [-0.3, -0.25) is 0 Å². The fraction of sp³-hybridized carbons (Fsp3) is 1.00. The Morgan fingerprint density at radius 3 is 1.95 bits per heavy atom. The molecular formula is C16H30O3. The highest BCUT2D eigenvalue weighted by atomic mass is 16.5. The van der Waals surface area contributed by atoms with Crippen LogP contribution in [0.2, 0.25) is 0 Å². The molecule has 2 aliphatic rings. The van der Waals surface area contributed by atoms with Crippen molar-refractivity contribution in [1.82, 2.24) is 0 Å². The zero-order valence-electron chi connectivity index (χ0n) is 12.9. The first kappa shape index (κ1) is 15.3. The summed E-state index contributed by atoms with van der Waals surface area (Å²) < 4.78 is 17.3. The zero-order chi connectivity index (χ0) is 13.8. The summed E-state index contributed by atoms with van der Waals surface area (Å²) in [5.41, 5.74) is 0.171. The largest absolute Gasteiger partial charge is 0.384 e. The fourth-order valence-corrected chi connectivity index (χ4v) is 3.73. The van der Waals surface area contributed by atoms with Crippen LogP contribution in [0.4, 0.5) is 0 Å². The van der Waals surface area contributed by atoms with E-state index in [-0.39, 0.29) is 11.0 Å². The standard InChI is InChI=1S/C16H30O3/c1-15(9-6-10-15)19-13-16(11-17-2,12-18-3)14-7-4-5-8-14/h14H,4-13H2,1-3H3. The first-order chi connectivity index (χ1) is 9.14. The number of hydrogen-bond donors (Lipinski definition) is 0. The lowest BCUT2D eigenvalue weighted by atomic mass is 9.75. The van der Waals surface area contributed by atoms with Gasteiger partial charge >= 0.3 is 0 Å². The summed E-state index contributed by atoms with van der Waals surface area (Å²) in [6.45, 7) is 4.54. The molecule has 0 spiro atoms. The van der Waals surface area contributed by atoms with Gasteiger partial charge < -0.3 is 14.2 Å². The van der Waals surface area contributed by atoms with E-state index < -0.39 is 0 Å². The van der Waals surface area contributed by atoms with E-state index in [0.29, 0.717) is 5.92 Å². The van der Waals surface area contributed by atoms with Gasteiger partial charge in [0.05, 0.1) is 25.4 Å². The maximum absolute atomic E-state index is 6.29. The highest BCUT2D eigenvalue weighted by Crippen LogP contribution is 2.43. The van der Waals surface area contributed by atoms with Gasteiger partial charge in [0, 0.05) is 19.6 Å². The predicted molar refractivity (Wildman–Crippen MR) is 76.4 cm³/mol. The Labute approximate surface area is 118 Å². The summed E-state index contributed by atoms with van der Waals surface area (Å²) in [5, 5.41) is 0. The van der Waals surface area contributed by atoms with E-state index in [2.05, 4.69) is 6.92 Å². The van der Waals surface area contributed by atoms with Crippen LogP contribution < -0.4 is 0 Å². The van der Waals surface area contributed by atoms with Crippen LogP contribution in [0, 0.1) is 11.3 Å². The first-order valence-electron chi connectivity index (χ1n) is 7.76. The Kier molecular flexibility index (Phi) is 5.27. The monoisotopic (exact) mass is 270 g/mol. The SMILES string of the molecule is COCC(COC)(COC1(C)CCC1)C1CCCC1. The van der Waals surface area contributed by atoms with E-state index in [4.69, 9.17) is 14.2 Å². The molecule has 0 amide bonds. The van der Waals surface area contributed by atoms with Gasteiger partial charge in [-0.25, -0.2) is 0 Å². The van der Waals surface area contributed by atoms with Crippen molar-refractivity contribution >= 4 is 0 Å². The number of rotatable bonds is 8. The number of methoxy groups -OCH3 is 2. The second-order valence-corrected chi connectivity index (χ2v) is 6.80. The van der Waals surface area contributed by atoms with Crippen LogP contribution in [-0.2, 0) is 14.2 Å². The lowest BCUT2D eigenvalue weighted by Crippen LogP contribution is -2.47. The molecule has 19 heavy (non-hydrogen) atoms. The molecule has 2 aliphatic carbocycles. The molecule has 0 bridgehead atoms. The summed E-state index contributed by atoms with van der Waals surface area (Å²) in [6.07, 6.45) is 9.00. The van der Waals surface area contributed by atoms with Gasteiger partial charge in [-0.1, -0.05) is 12.8 Å². The molecule has 3 heteroatoms. The summed E-state index contributed by atoms with van der Waals surface area (Å²) in [4.78, 5) is 0. The summed E-state index contributed by atoms with van der Waals surface area (Å²) in [7, 11) is 3.59.